The lowest BCUT2D eigenvalue weighted by atomic mass is 9.95. The van der Waals surface area contributed by atoms with Crippen LogP contribution in [0.3, 0.4) is 0 Å². The Balaban J connectivity index is 1.66. The van der Waals surface area contributed by atoms with Gasteiger partial charge in [-0.2, -0.15) is 0 Å². The Kier molecular flexibility index (Phi) is 10.5. The van der Waals surface area contributed by atoms with Crippen molar-refractivity contribution in [1.82, 2.24) is 10.2 Å². The zero-order valence-corrected chi connectivity index (χ0v) is 25.2. The normalized spacial score (nSPS) is 14.7. The maximum Gasteiger partial charge on any atom is 0.264 e. The third kappa shape index (κ3) is 7.89. The van der Waals surface area contributed by atoms with E-state index in [-0.39, 0.29) is 23.4 Å². The van der Waals surface area contributed by atoms with Crippen molar-refractivity contribution in [3.63, 3.8) is 0 Å². The molecule has 3 aromatic rings. The molecule has 1 fully saturated rings. The molecule has 2 amide bonds. The number of hydrogen-bond donors (Lipinski definition) is 1. The number of anilines is 1. The van der Waals surface area contributed by atoms with Crippen LogP contribution in [0, 0.1) is 0 Å². The molecule has 1 N–H and O–H groups in total. The van der Waals surface area contributed by atoms with Gasteiger partial charge in [0.1, 0.15) is 12.6 Å². The van der Waals surface area contributed by atoms with E-state index in [0.717, 1.165) is 54.0 Å². The summed E-state index contributed by atoms with van der Waals surface area (Å²) in [6, 6.07) is 21.6. The first kappa shape index (κ1) is 30.6. The van der Waals surface area contributed by atoms with Crippen LogP contribution in [0.15, 0.2) is 83.8 Å². The summed E-state index contributed by atoms with van der Waals surface area (Å²) < 4.78 is 28.9. The van der Waals surface area contributed by atoms with Crippen molar-refractivity contribution >= 4 is 39.1 Å². The van der Waals surface area contributed by atoms with Crippen LogP contribution in [0.2, 0.25) is 5.02 Å². The molecule has 1 aliphatic carbocycles. The maximum absolute atomic E-state index is 14.1. The lowest BCUT2D eigenvalue weighted by molar-refractivity contribution is -0.139. The van der Waals surface area contributed by atoms with Crippen LogP contribution in [0.4, 0.5) is 5.69 Å². The fraction of sp³-hybridized carbons (Fsp3) is 0.375. The summed E-state index contributed by atoms with van der Waals surface area (Å²) in [6.07, 6.45) is 5.92. The lowest BCUT2D eigenvalue weighted by Crippen LogP contribution is -2.53. The first-order valence-corrected chi connectivity index (χ1v) is 16.0. The van der Waals surface area contributed by atoms with Gasteiger partial charge < -0.3 is 10.2 Å². The van der Waals surface area contributed by atoms with Gasteiger partial charge in [0.15, 0.2) is 0 Å². The van der Waals surface area contributed by atoms with E-state index in [1.54, 1.807) is 61.5 Å². The smallest absolute Gasteiger partial charge is 0.264 e. The number of benzene rings is 3. The first-order chi connectivity index (χ1) is 19.7. The molecule has 1 unspecified atom stereocenters. The minimum atomic E-state index is -4.08. The van der Waals surface area contributed by atoms with E-state index in [0.29, 0.717) is 10.7 Å². The molecule has 9 heteroatoms. The highest BCUT2D eigenvalue weighted by atomic mass is 35.5. The van der Waals surface area contributed by atoms with E-state index in [1.165, 1.54) is 17.0 Å². The zero-order valence-electron chi connectivity index (χ0n) is 23.6. The van der Waals surface area contributed by atoms with Crippen molar-refractivity contribution in [3.05, 3.63) is 95.0 Å². The van der Waals surface area contributed by atoms with E-state index >= 15 is 0 Å². The highest BCUT2D eigenvalue weighted by Gasteiger charge is 2.33. The lowest BCUT2D eigenvalue weighted by Gasteiger charge is -2.33. The molecule has 0 spiro atoms. The van der Waals surface area contributed by atoms with E-state index in [4.69, 9.17) is 11.6 Å². The van der Waals surface area contributed by atoms with Gasteiger partial charge in [-0.15, -0.1) is 0 Å². The molecule has 218 valence electrons. The monoisotopic (exact) mass is 595 g/mol. The molecule has 0 bridgehead atoms. The van der Waals surface area contributed by atoms with Crippen LogP contribution < -0.4 is 9.62 Å². The summed E-state index contributed by atoms with van der Waals surface area (Å²) in [5, 5.41) is 3.68. The third-order valence-electron chi connectivity index (χ3n) is 7.63. The second-order valence-corrected chi connectivity index (χ2v) is 12.8. The number of carbonyl (C=O) groups is 2. The topological polar surface area (TPSA) is 86.8 Å². The molecule has 7 nitrogen and oxygen atoms in total. The number of nitrogens with one attached hydrogen (secondary N) is 1. The predicted octanol–water partition coefficient (Wildman–Crippen LogP) is 5.96. The van der Waals surface area contributed by atoms with Crippen LogP contribution >= 0.6 is 11.6 Å². The van der Waals surface area contributed by atoms with E-state index in [9.17, 15) is 18.0 Å². The Bertz CT molecular complexity index is 1410. The first-order valence-electron chi connectivity index (χ1n) is 14.2. The van der Waals surface area contributed by atoms with Gasteiger partial charge in [-0.1, -0.05) is 80.3 Å². The fourth-order valence-corrected chi connectivity index (χ4v) is 6.65. The van der Waals surface area contributed by atoms with Gasteiger partial charge in [0.05, 0.1) is 10.6 Å². The van der Waals surface area contributed by atoms with Gasteiger partial charge >= 0.3 is 0 Å². The summed E-state index contributed by atoms with van der Waals surface area (Å²) in [6.45, 7) is 3.38. The molecular formula is C32H38ClN3O4S. The molecule has 1 atom stereocenters. The van der Waals surface area contributed by atoms with Gasteiger partial charge in [0.25, 0.3) is 10.0 Å². The van der Waals surface area contributed by atoms with Crippen molar-refractivity contribution in [1.29, 1.82) is 0 Å². The highest BCUT2D eigenvalue weighted by Crippen LogP contribution is 2.25. The molecule has 41 heavy (non-hydrogen) atoms. The van der Waals surface area contributed by atoms with Gasteiger partial charge in [-0.05, 0) is 73.7 Å². The number of sulfonamides is 1. The second kappa shape index (κ2) is 14.0. The highest BCUT2D eigenvalue weighted by molar-refractivity contribution is 7.92. The number of carbonyl (C=O) groups excluding carboxylic acids is 2. The number of hydrogen-bond acceptors (Lipinski definition) is 4. The number of nitrogens with zero attached hydrogens (tertiary/aromatic N) is 2. The minimum Gasteiger partial charge on any atom is -0.352 e. The summed E-state index contributed by atoms with van der Waals surface area (Å²) >= 11 is 6.08. The fourth-order valence-electron chi connectivity index (χ4n) is 5.08. The van der Waals surface area contributed by atoms with E-state index in [2.05, 4.69) is 5.32 Å². The molecule has 4 rings (SSSR count). The summed E-state index contributed by atoms with van der Waals surface area (Å²) in [7, 11) is -4.08. The SMILES string of the molecule is CCc1ccc(N(CC(=O)N(Cc2ccc(Cl)cc2)C(C)C(=O)NC2CCCCC2)S(=O)(=O)c2ccccc2)cc1. The standard InChI is InChI=1S/C32H38ClN3O4S/c1-3-25-16-20-29(21-17-25)36(41(39,40)30-12-8-5-9-13-30)23-31(37)35(22-26-14-18-27(33)19-15-26)24(2)32(38)34-28-10-6-4-7-11-28/h5,8-9,12-21,24,28H,3-4,6-7,10-11,22-23H2,1-2H3,(H,34,38). The number of halogens is 1. The van der Waals surface area contributed by atoms with Crippen molar-refractivity contribution < 1.29 is 18.0 Å². The Hall–Kier alpha value is -3.36. The Morgan fingerprint density at radius 1 is 0.902 bits per heavy atom. The average Bonchev–Trinajstić information content (AvgIpc) is 3.00. The number of amides is 2. The van der Waals surface area contributed by atoms with Gasteiger partial charge in [-0.25, -0.2) is 8.42 Å². The Labute approximate surface area is 248 Å². The molecule has 0 saturated heterocycles. The van der Waals surface area contributed by atoms with Crippen LogP contribution in [0.5, 0.6) is 0 Å². The molecule has 0 heterocycles. The number of rotatable bonds is 11. The maximum atomic E-state index is 14.1. The minimum absolute atomic E-state index is 0.0817. The average molecular weight is 596 g/mol. The van der Waals surface area contributed by atoms with Crippen LogP contribution in [-0.2, 0) is 32.6 Å². The van der Waals surface area contributed by atoms with E-state index < -0.39 is 28.5 Å². The predicted molar refractivity (Wildman–Crippen MR) is 163 cm³/mol. The largest absolute Gasteiger partial charge is 0.352 e. The van der Waals surface area contributed by atoms with Crippen molar-refractivity contribution in [2.24, 2.45) is 0 Å². The zero-order chi connectivity index (χ0) is 29.4. The van der Waals surface area contributed by atoms with E-state index in [1.807, 2.05) is 19.1 Å². The molecule has 0 radical (unpaired) electrons. The van der Waals surface area contributed by atoms with Crippen molar-refractivity contribution in [2.75, 3.05) is 10.8 Å². The Morgan fingerprint density at radius 2 is 1.51 bits per heavy atom. The molecule has 0 aromatic heterocycles. The molecule has 3 aromatic carbocycles. The Morgan fingerprint density at radius 3 is 2.12 bits per heavy atom. The van der Waals surface area contributed by atoms with Crippen molar-refractivity contribution in [3.8, 4) is 0 Å². The molecule has 0 aliphatic heterocycles. The summed E-state index contributed by atoms with van der Waals surface area (Å²) in [5.74, 6) is -0.728. The summed E-state index contributed by atoms with van der Waals surface area (Å²) in [5.41, 5.74) is 2.21. The van der Waals surface area contributed by atoms with Crippen molar-refractivity contribution in [2.45, 2.75) is 75.9 Å². The quantitative estimate of drug-likeness (QED) is 0.296. The van der Waals surface area contributed by atoms with Crippen LogP contribution in [0.25, 0.3) is 0 Å². The summed E-state index contributed by atoms with van der Waals surface area (Å²) in [4.78, 5) is 29.0. The second-order valence-electron chi connectivity index (χ2n) is 10.5. The number of aryl methyl sites for hydroxylation is 1. The van der Waals surface area contributed by atoms with Crippen LogP contribution in [-0.4, -0.2) is 43.8 Å². The van der Waals surface area contributed by atoms with Gasteiger partial charge in [0.2, 0.25) is 11.8 Å². The van der Waals surface area contributed by atoms with Crippen LogP contribution in [0.1, 0.15) is 57.1 Å². The molecule has 1 aliphatic rings. The van der Waals surface area contributed by atoms with Gasteiger partial charge in [-0.3, -0.25) is 13.9 Å². The molecular weight excluding hydrogens is 558 g/mol. The van der Waals surface area contributed by atoms with Gasteiger partial charge in [0, 0.05) is 17.6 Å². The third-order valence-corrected chi connectivity index (χ3v) is 9.67. The molecule has 1 saturated carbocycles.